The summed E-state index contributed by atoms with van der Waals surface area (Å²) in [4.78, 5) is 1.25. The van der Waals surface area contributed by atoms with E-state index in [-0.39, 0.29) is 0 Å². The molecule has 62 valence electrons. The topological polar surface area (TPSA) is 38.9 Å². The molecular formula is C7H5IN2OS. The molecule has 0 aliphatic heterocycles. The van der Waals surface area contributed by atoms with E-state index in [4.69, 9.17) is 4.42 Å². The standard InChI is InChI=1S/C7H5IN2OS/c8-7-10-9-6(11-7)4-5-2-1-3-12-5/h1-3H,4H2. The second kappa shape index (κ2) is 3.53. The predicted octanol–water partition coefficient (Wildman–Crippen LogP) is 2.33. The van der Waals surface area contributed by atoms with Crippen LogP contribution in [0.3, 0.4) is 0 Å². The lowest BCUT2D eigenvalue weighted by Crippen LogP contribution is -1.83. The summed E-state index contributed by atoms with van der Waals surface area (Å²) < 4.78 is 5.82. The fourth-order valence-electron chi connectivity index (χ4n) is 0.867. The van der Waals surface area contributed by atoms with Gasteiger partial charge in [0.15, 0.2) is 0 Å². The van der Waals surface area contributed by atoms with Crippen LogP contribution in [-0.2, 0) is 6.42 Å². The maximum absolute atomic E-state index is 5.23. The van der Waals surface area contributed by atoms with E-state index in [0.717, 1.165) is 6.42 Å². The fraction of sp³-hybridized carbons (Fsp3) is 0.143. The van der Waals surface area contributed by atoms with Gasteiger partial charge in [0.2, 0.25) is 5.89 Å². The second-order valence-electron chi connectivity index (χ2n) is 2.20. The molecule has 0 radical (unpaired) electrons. The lowest BCUT2D eigenvalue weighted by Gasteiger charge is -1.87. The van der Waals surface area contributed by atoms with Crippen molar-refractivity contribution in [2.45, 2.75) is 6.42 Å². The molecule has 12 heavy (non-hydrogen) atoms. The first-order valence-electron chi connectivity index (χ1n) is 3.35. The Hall–Kier alpha value is -0.430. The van der Waals surface area contributed by atoms with Crippen LogP contribution in [0.5, 0.6) is 0 Å². The van der Waals surface area contributed by atoms with Gasteiger partial charge in [0.05, 0.1) is 6.42 Å². The van der Waals surface area contributed by atoms with Crippen LogP contribution in [0.2, 0.25) is 0 Å². The van der Waals surface area contributed by atoms with Crippen LogP contribution >= 0.6 is 33.9 Å². The van der Waals surface area contributed by atoms with Gasteiger partial charge in [0.1, 0.15) is 0 Å². The molecule has 0 atom stereocenters. The van der Waals surface area contributed by atoms with E-state index in [1.54, 1.807) is 11.3 Å². The molecular weight excluding hydrogens is 287 g/mol. The molecule has 0 saturated heterocycles. The Balaban J connectivity index is 2.14. The Kier molecular flexibility index (Phi) is 2.40. The van der Waals surface area contributed by atoms with E-state index in [1.807, 2.05) is 34.0 Å². The van der Waals surface area contributed by atoms with Gasteiger partial charge in [-0.2, -0.15) is 0 Å². The van der Waals surface area contributed by atoms with Crippen LogP contribution in [0.25, 0.3) is 0 Å². The third-order valence-electron chi connectivity index (χ3n) is 1.35. The summed E-state index contributed by atoms with van der Waals surface area (Å²) in [5.41, 5.74) is 0. The molecule has 2 aromatic rings. The highest BCUT2D eigenvalue weighted by molar-refractivity contribution is 14.1. The number of nitrogens with zero attached hydrogens (tertiary/aromatic N) is 2. The van der Waals surface area contributed by atoms with Gasteiger partial charge in [-0.3, -0.25) is 0 Å². The minimum Gasteiger partial charge on any atom is -0.416 e. The smallest absolute Gasteiger partial charge is 0.278 e. The molecule has 0 fully saturated rings. The summed E-state index contributed by atoms with van der Waals surface area (Å²) in [6, 6.07) is 4.07. The van der Waals surface area contributed by atoms with Crippen LogP contribution in [0.4, 0.5) is 0 Å². The highest BCUT2D eigenvalue weighted by atomic mass is 127. The molecule has 0 bridgehead atoms. The molecule has 5 heteroatoms. The third kappa shape index (κ3) is 1.84. The SMILES string of the molecule is Ic1nnc(Cc2cccs2)o1. The average Bonchev–Trinajstić information content (AvgIpc) is 2.63. The maximum Gasteiger partial charge on any atom is 0.278 e. The summed E-state index contributed by atoms with van der Waals surface area (Å²) in [7, 11) is 0. The monoisotopic (exact) mass is 292 g/mol. The molecule has 0 amide bonds. The van der Waals surface area contributed by atoms with Crippen molar-refractivity contribution >= 4 is 33.9 Å². The van der Waals surface area contributed by atoms with Crippen LogP contribution in [-0.4, -0.2) is 10.2 Å². The normalized spacial score (nSPS) is 10.4. The van der Waals surface area contributed by atoms with Crippen LogP contribution < -0.4 is 0 Å². The number of rotatable bonds is 2. The molecule has 3 nitrogen and oxygen atoms in total. The number of halogens is 1. The van der Waals surface area contributed by atoms with E-state index in [1.165, 1.54) is 4.88 Å². The third-order valence-corrected chi connectivity index (χ3v) is 2.66. The first-order chi connectivity index (χ1) is 5.84. The maximum atomic E-state index is 5.23. The number of hydrogen-bond donors (Lipinski definition) is 0. The summed E-state index contributed by atoms with van der Waals surface area (Å²) in [6.45, 7) is 0. The van der Waals surface area contributed by atoms with Crippen molar-refractivity contribution in [3.8, 4) is 0 Å². The Labute approximate surface area is 87.0 Å². The molecule has 2 heterocycles. The van der Waals surface area contributed by atoms with Gasteiger partial charge < -0.3 is 4.42 Å². The van der Waals surface area contributed by atoms with Gasteiger partial charge in [-0.25, -0.2) is 0 Å². The van der Waals surface area contributed by atoms with Crippen molar-refractivity contribution in [3.05, 3.63) is 32.2 Å². The van der Waals surface area contributed by atoms with Gasteiger partial charge in [0, 0.05) is 27.5 Å². The molecule has 0 saturated carbocycles. The molecule has 0 aliphatic rings. The van der Waals surface area contributed by atoms with Gasteiger partial charge in [0.25, 0.3) is 3.90 Å². The van der Waals surface area contributed by atoms with Gasteiger partial charge in [-0.15, -0.1) is 21.5 Å². The van der Waals surface area contributed by atoms with Crippen LogP contribution in [0.1, 0.15) is 10.8 Å². The molecule has 0 spiro atoms. The minimum atomic E-state index is 0.596. The van der Waals surface area contributed by atoms with E-state index < -0.39 is 0 Å². The highest BCUT2D eigenvalue weighted by Crippen LogP contribution is 2.14. The fourth-order valence-corrected chi connectivity index (χ4v) is 1.92. The number of hydrogen-bond acceptors (Lipinski definition) is 4. The van der Waals surface area contributed by atoms with E-state index in [0.29, 0.717) is 9.79 Å². The summed E-state index contributed by atoms with van der Waals surface area (Å²) >= 11 is 3.70. The quantitative estimate of drug-likeness (QED) is 0.797. The molecule has 2 aromatic heterocycles. The second-order valence-corrected chi connectivity index (χ2v) is 4.16. The molecule has 2 rings (SSSR count). The highest BCUT2D eigenvalue weighted by Gasteiger charge is 2.04. The Morgan fingerprint density at radius 2 is 2.42 bits per heavy atom. The lowest BCUT2D eigenvalue weighted by molar-refractivity contribution is 0.480. The van der Waals surface area contributed by atoms with Gasteiger partial charge in [-0.1, -0.05) is 6.07 Å². The van der Waals surface area contributed by atoms with E-state index >= 15 is 0 Å². The molecule has 0 unspecified atom stereocenters. The van der Waals surface area contributed by atoms with Crippen molar-refractivity contribution in [3.63, 3.8) is 0 Å². The average molecular weight is 292 g/mol. The zero-order chi connectivity index (χ0) is 8.39. The first-order valence-corrected chi connectivity index (χ1v) is 5.31. The van der Waals surface area contributed by atoms with E-state index in [9.17, 15) is 0 Å². The Morgan fingerprint density at radius 3 is 3.00 bits per heavy atom. The van der Waals surface area contributed by atoms with Crippen molar-refractivity contribution < 1.29 is 4.42 Å². The van der Waals surface area contributed by atoms with Gasteiger partial charge in [-0.05, 0) is 11.4 Å². The van der Waals surface area contributed by atoms with Crippen molar-refractivity contribution in [1.82, 2.24) is 10.2 Å². The summed E-state index contributed by atoms with van der Waals surface area (Å²) in [5, 5.41) is 9.68. The van der Waals surface area contributed by atoms with Gasteiger partial charge >= 0.3 is 0 Å². The molecule has 0 N–H and O–H groups in total. The molecule has 0 aliphatic carbocycles. The first kappa shape index (κ1) is 8.18. The lowest BCUT2D eigenvalue weighted by atomic mass is 10.3. The number of thiophene rings is 1. The Morgan fingerprint density at radius 1 is 1.50 bits per heavy atom. The summed E-state index contributed by atoms with van der Waals surface area (Å²) in [5.74, 6) is 0.682. The minimum absolute atomic E-state index is 0.596. The number of aromatic nitrogens is 2. The van der Waals surface area contributed by atoms with Crippen molar-refractivity contribution in [1.29, 1.82) is 0 Å². The summed E-state index contributed by atoms with van der Waals surface area (Å²) in [6.07, 6.45) is 0.744. The van der Waals surface area contributed by atoms with Crippen molar-refractivity contribution in [2.24, 2.45) is 0 Å². The van der Waals surface area contributed by atoms with Crippen LogP contribution in [0, 0.1) is 3.90 Å². The van der Waals surface area contributed by atoms with Crippen molar-refractivity contribution in [2.75, 3.05) is 0 Å². The Bertz CT molecular complexity index is 357. The largest absolute Gasteiger partial charge is 0.416 e. The zero-order valence-corrected chi connectivity index (χ0v) is 9.00. The van der Waals surface area contributed by atoms with E-state index in [2.05, 4.69) is 16.3 Å². The van der Waals surface area contributed by atoms with Crippen LogP contribution in [0.15, 0.2) is 21.9 Å². The predicted molar refractivity (Wildman–Crippen MR) is 54.1 cm³/mol. The zero-order valence-electron chi connectivity index (χ0n) is 6.03. The molecule has 0 aromatic carbocycles.